The van der Waals surface area contributed by atoms with Crippen molar-refractivity contribution in [3.63, 3.8) is 0 Å². The number of amides is 1. The molecule has 0 saturated carbocycles. The molecular weight excluding hydrogens is 453 g/mol. The summed E-state index contributed by atoms with van der Waals surface area (Å²) in [4.78, 5) is 21.1. The number of aliphatic imine (C=N–C) groups is 1. The molecule has 0 radical (unpaired) electrons. The maximum Gasteiger partial charge on any atom is 0.242 e. The zero-order valence-corrected chi connectivity index (χ0v) is 19.1. The first-order chi connectivity index (χ1) is 12.7. The third-order valence-electron chi connectivity index (χ3n) is 4.99. The van der Waals surface area contributed by atoms with Crippen LogP contribution >= 0.6 is 24.0 Å². The lowest BCUT2D eigenvalue weighted by Crippen LogP contribution is -2.47. The predicted molar refractivity (Wildman–Crippen MR) is 123 cm³/mol. The molecule has 0 aromatic heterocycles. The van der Waals surface area contributed by atoms with Gasteiger partial charge in [0.05, 0.1) is 6.54 Å². The molecule has 1 fully saturated rings. The van der Waals surface area contributed by atoms with E-state index in [0.717, 1.165) is 18.7 Å². The van der Waals surface area contributed by atoms with Crippen molar-refractivity contribution in [3.8, 4) is 0 Å². The molecule has 0 spiro atoms. The molecular formula is C20H34IN5O. The number of carbonyl (C=O) groups is 1. The summed E-state index contributed by atoms with van der Waals surface area (Å²) >= 11 is 0. The molecule has 2 N–H and O–H groups in total. The van der Waals surface area contributed by atoms with Gasteiger partial charge < -0.3 is 15.5 Å². The highest BCUT2D eigenvalue weighted by molar-refractivity contribution is 14.0. The second-order valence-corrected chi connectivity index (χ2v) is 6.62. The molecule has 1 atom stereocenters. The number of nitrogens with zero attached hydrogens (tertiary/aromatic N) is 3. The summed E-state index contributed by atoms with van der Waals surface area (Å²) in [5.41, 5.74) is 1.14. The topological polar surface area (TPSA) is 60.0 Å². The molecule has 1 amide bonds. The Kier molecular flexibility index (Phi) is 11.3. The first-order valence-corrected chi connectivity index (χ1v) is 9.68. The summed E-state index contributed by atoms with van der Waals surface area (Å²) in [5, 5.41) is 6.52. The minimum atomic E-state index is 0. The van der Waals surface area contributed by atoms with Gasteiger partial charge in [0.15, 0.2) is 5.96 Å². The average molecular weight is 487 g/mol. The Morgan fingerprint density at radius 1 is 1.26 bits per heavy atom. The van der Waals surface area contributed by atoms with Gasteiger partial charge in [-0.1, -0.05) is 37.3 Å². The third-order valence-corrected chi connectivity index (χ3v) is 4.99. The van der Waals surface area contributed by atoms with Crippen LogP contribution in [0.1, 0.15) is 32.3 Å². The second-order valence-electron chi connectivity index (χ2n) is 6.62. The van der Waals surface area contributed by atoms with E-state index in [0.29, 0.717) is 25.1 Å². The van der Waals surface area contributed by atoms with Crippen molar-refractivity contribution < 1.29 is 4.79 Å². The summed E-state index contributed by atoms with van der Waals surface area (Å²) in [6.45, 7) is 8.92. The summed E-state index contributed by atoms with van der Waals surface area (Å²) in [7, 11) is 1.74. The zero-order chi connectivity index (χ0) is 18.8. The van der Waals surface area contributed by atoms with E-state index in [2.05, 4.69) is 27.4 Å². The van der Waals surface area contributed by atoms with Crippen LogP contribution in [0.15, 0.2) is 35.3 Å². The van der Waals surface area contributed by atoms with Gasteiger partial charge >= 0.3 is 0 Å². The van der Waals surface area contributed by atoms with Crippen LogP contribution in [0.5, 0.6) is 0 Å². The Hall–Kier alpha value is -1.35. The van der Waals surface area contributed by atoms with E-state index in [9.17, 15) is 4.79 Å². The normalized spacial score (nSPS) is 17.3. The number of likely N-dealkylation sites (tertiary alicyclic amines) is 1. The van der Waals surface area contributed by atoms with Crippen molar-refractivity contribution in [1.82, 2.24) is 20.4 Å². The highest BCUT2D eigenvalue weighted by Gasteiger charge is 2.22. The highest BCUT2D eigenvalue weighted by atomic mass is 127. The van der Waals surface area contributed by atoms with Gasteiger partial charge in [0, 0.05) is 32.7 Å². The van der Waals surface area contributed by atoms with Crippen LogP contribution in [0.4, 0.5) is 0 Å². The Morgan fingerprint density at radius 2 is 2.00 bits per heavy atom. The lowest BCUT2D eigenvalue weighted by Gasteiger charge is -2.24. The van der Waals surface area contributed by atoms with Crippen LogP contribution < -0.4 is 10.6 Å². The fraction of sp³-hybridized carbons (Fsp3) is 0.600. The molecule has 152 valence electrons. The Labute approximate surface area is 180 Å². The van der Waals surface area contributed by atoms with Crippen molar-refractivity contribution >= 4 is 35.8 Å². The summed E-state index contributed by atoms with van der Waals surface area (Å²) in [6.07, 6.45) is 2.48. The zero-order valence-electron chi connectivity index (χ0n) is 16.8. The van der Waals surface area contributed by atoms with Crippen LogP contribution in [0.2, 0.25) is 0 Å². The van der Waals surface area contributed by atoms with Gasteiger partial charge in [0.25, 0.3) is 0 Å². The van der Waals surface area contributed by atoms with Gasteiger partial charge in [-0.25, -0.2) is 0 Å². The molecule has 6 nitrogen and oxygen atoms in total. The fourth-order valence-electron chi connectivity index (χ4n) is 3.43. The van der Waals surface area contributed by atoms with E-state index in [1.54, 1.807) is 7.05 Å². The van der Waals surface area contributed by atoms with Gasteiger partial charge in [-0.3, -0.25) is 14.7 Å². The quantitative estimate of drug-likeness (QED) is 0.336. The highest BCUT2D eigenvalue weighted by Crippen LogP contribution is 2.15. The van der Waals surface area contributed by atoms with Gasteiger partial charge in [0.1, 0.15) is 0 Å². The number of hydrogen-bond acceptors (Lipinski definition) is 3. The Balaban J connectivity index is 0.00000364. The SMILES string of the molecule is CCN(Cc1ccccc1)C(=O)CNC(=NC)NCC1CCCN1CC.I. The van der Waals surface area contributed by atoms with Crippen molar-refractivity contribution in [3.05, 3.63) is 35.9 Å². The maximum atomic E-state index is 12.5. The molecule has 1 saturated heterocycles. The number of nitrogens with one attached hydrogen (secondary N) is 2. The number of guanidine groups is 1. The molecule has 1 unspecified atom stereocenters. The minimum absolute atomic E-state index is 0. The van der Waals surface area contributed by atoms with E-state index in [1.165, 1.54) is 19.4 Å². The smallest absolute Gasteiger partial charge is 0.242 e. The summed E-state index contributed by atoms with van der Waals surface area (Å²) in [6, 6.07) is 10.6. The van der Waals surface area contributed by atoms with Crippen molar-refractivity contribution in [2.24, 2.45) is 4.99 Å². The molecule has 0 bridgehead atoms. The minimum Gasteiger partial charge on any atom is -0.355 e. The van der Waals surface area contributed by atoms with E-state index in [-0.39, 0.29) is 36.4 Å². The number of rotatable bonds is 8. The van der Waals surface area contributed by atoms with Crippen LogP contribution in [-0.4, -0.2) is 67.5 Å². The van der Waals surface area contributed by atoms with E-state index >= 15 is 0 Å². The number of carbonyl (C=O) groups excluding carboxylic acids is 1. The van der Waals surface area contributed by atoms with Gasteiger partial charge in [-0.2, -0.15) is 0 Å². The van der Waals surface area contributed by atoms with Crippen LogP contribution in [0, 0.1) is 0 Å². The molecule has 1 heterocycles. The molecule has 27 heavy (non-hydrogen) atoms. The molecule has 1 aliphatic rings. The molecule has 1 aliphatic heterocycles. The van der Waals surface area contributed by atoms with Crippen LogP contribution in [0.25, 0.3) is 0 Å². The second kappa shape index (κ2) is 12.9. The van der Waals surface area contributed by atoms with Crippen molar-refractivity contribution in [2.75, 3.05) is 39.8 Å². The first-order valence-electron chi connectivity index (χ1n) is 9.68. The van der Waals surface area contributed by atoms with E-state index in [4.69, 9.17) is 0 Å². The van der Waals surface area contributed by atoms with E-state index < -0.39 is 0 Å². The largest absolute Gasteiger partial charge is 0.355 e. The summed E-state index contributed by atoms with van der Waals surface area (Å²) < 4.78 is 0. The molecule has 1 aromatic rings. The number of halogens is 1. The molecule has 7 heteroatoms. The number of benzene rings is 1. The monoisotopic (exact) mass is 487 g/mol. The van der Waals surface area contributed by atoms with Crippen LogP contribution in [0.3, 0.4) is 0 Å². The average Bonchev–Trinajstić information content (AvgIpc) is 3.14. The fourth-order valence-corrected chi connectivity index (χ4v) is 3.43. The third kappa shape index (κ3) is 7.65. The lowest BCUT2D eigenvalue weighted by molar-refractivity contribution is -0.130. The first kappa shape index (κ1) is 23.7. The van der Waals surface area contributed by atoms with E-state index in [1.807, 2.05) is 42.2 Å². The maximum absolute atomic E-state index is 12.5. The Bertz CT molecular complexity index is 581. The molecule has 0 aliphatic carbocycles. The van der Waals surface area contributed by atoms with Crippen molar-refractivity contribution in [2.45, 2.75) is 39.3 Å². The van der Waals surface area contributed by atoms with Gasteiger partial charge in [0.2, 0.25) is 5.91 Å². The molecule has 1 aromatic carbocycles. The van der Waals surface area contributed by atoms with Gasteiger partial charge in [-0.05, 0) is 38.4 Å². The lowest BCUT2D eigenvalue weighted by atomic mass is 10.2. The number of likely N-dealkylation sites (N-methyl/N-ethyl adjacent to an activating group) is 2. The Morgan fingerprint density at radius 3 is 2.63 bits per heavy atom. The standard InChI is InChI=1S/C20H33N5O.HI/c1-4-24-13-9-12-18(24)14-22-20(21-3)23-15-19(26)25(5-2)16-17-10-7-6-8-11-17;/h6-8,10-11,18H,4-5,9,12-16H2,1-3H3,(H2,21,22,23);1H. The summed E-state index contributed by atoms with van der Waals surface area (Å²) in [5.74, 6) is 0.771. The van der Waals surface area contributed by atoms with Gasteiger partial charge in [-0.15, -0.1) is 24.0 Å². The number of hydrogen-bond donors (Lipinski definition) is 2. The molecule has 2 rings (SSSR count). The van der Waals surface area contributed by atoms with Crippen molar-refractivity contribution in [1.29, 1.82) is 0 Å². The predicted octanol–water partition coefficient (Wildman–Crippen LogP) is 2.30. The van der Waals surface area contributed by atoms with Crippen LogP contribution in [-0.2, 0) is 11.3 Å².